The molecule has 0 aliphatic heterocycles. The van der Waals surface area contributed by atoms with E-state index in [9.17, 15) is 0 Å². The van der Waals surface area contributed by atoms with Crippen LogP contribution in [0.3, 0.4) is 0 Å². The average Bonchev–Trinajstić information content (AvgIpc) is 2.51. The quantitative estimate of drug-likeness (QED) is 0.679. The van der Waals surface area contributed by atoms with Gasteiger partial charge in [0.2, 0.25) is 0 Å². The van der Waals surface area contributed by atoms with Gasteiger partial charge in [0.1, 0.15) is 5.16 Å². The number of rotatable bonds is 3. The predicted octanol–water partition coefficient (Wildman–Crippen LogP) is 3.19. The van der Waals surface area contributed by atoms with Crippen molar-refractivity contribution in [2.75, 3.05) is 0 Å². The van der Waals surface area contributed by atoms with Crippen molar-refractivity contribution in [2.45, 2.75) is 20.3 Å². The Morgan fingerprint density at radius 1 is 1.77 bits per heavy atom. The van der Waals surface area contributed by atoms with Crippen LogP contribution in [-0.4, -0.2) is 9.78 Å². The van der Waals surface area contributed by atoms with E-state index in [0.29, 0.717) is 5.16 Å². The fourth-order valence-corrected chi connectivity index (χ4v) is 1.26. The van der Waals surface area contributed by atoms with E-state index >= 15 is 0 Å². The van der Waals surface area contributed by atoms with Crippen LogP contribution in [0.5, 0.6) is 0 Å². The second-order valence-corrected chi connectivity index (χ2v) is 3.25. The highest BCUT2D eigenvalue weighted by atomic mass is 35.5. The van der Waals surface area contributed by atoms with E-state index in [0.717, 1.165) is 17.7 Å². The van der Waals surface area contributed by atoms with E-state index in [2.05, 4.69) is 11.7 Å². The van der Waals surface area contributed by atoms with E-state index < -0.39 is 0 Å². The van der Waals surface area contributed by atoms with E-state index in [1.54, 1.807) is 10.9 Å². The summed E-state index contributed by atoms with van der Waals surface area (Å²) in [5.41, 5.74) is 2.02. The van der Waals surface area contributed by atoms with Gasteiger partial charge in [-0.25, -0.2) is 4.68 Å². The molecule has 1 aromatic heterocycles. The minimum Gasteiger partial charge on any atom is -0.227 e. The molecular weight excluding hydrogens is 184 g/mol. The van der Waals surface area contributed by atoms with Crippen LogP contribution in [0.15, 0.2) is 30.5 Å². The van der Waals surface area contributed by atoms with Gasteiger partial charge in [0.05, 0.1) is 0 Å². The molecule has 70 valence electrons. The fourth-order valence-electron chi connectivity index (χ4n) is 0.925. The van der Waals surface area contributed by atoms with Crippen molar-refractivity contribution in [3.63, 3.8) is 0 Å². The highest BCUT2D eigenvalue weighted by Crippen LogP contribution is 2.15. The molecule has 0 N–H and O–H groups in total. The number of aromatic nitrogens is 2. The highest BCUT2D eigenvalue weighted by molar-refractivity contribution is 6.45. The largest absolute Gasteiger partial charge is 0.227 e. The molecule has 2 nitrogen and oxygen atoms in total. The van der Waals surface area contributed by atoms with E-state index in [1.165, 1.54) is 0 Å². The first-order valence-electron chi connectivity index (χ1n) is 4.21. The molecule has 0 atom stereocenters. The molecule has 13 heavy (non-hydrogen) atoms. The van der Waals surface area contributed by atoms with Gasteiger partial charge in [0.25, 0.3) is 0 Å². The molecule has 1 heterocycles. The van der Waals surface area contributed by atoms with E-state index in [4.69, 9.17) is 11.6 Å². The molecule has 0 fully saturated rings. The summed E-state index contributed by atoms with van der Waals surface area (Å²) in [5, 5.41) is 4.67. The van der Waals surface area contributed by atoms with E-state index in [1.807, 2.05) is 26.0 Å². The van der Waals surface area contributed by atoms with Crippen molar-refractivity contribution in [1.29, 1.82) is 0 Å². The second-order valence-electron chi connectivity index (χ2n) is 2.86. The first-order valence-corrected chi connectivity index (χ1v) is 4.59. The van der Waals surface area contributed by atoms with Crippen molar-refractivity contribution in [3.8, 4) is 0 Å². The number of hydrogen-bond acceptors (Lipinski definition) is 1. The van der Waals surface area contributed by atoms with Gasteiger partial charge in [-0.2, -0.15) is 5.10 Å². The number of aryl methyl sites for hydroxylation is 1. The molecule has 0 saturated heterocycles. The predicted molar refractivity (Wildman–Crippen MR) is 56.5 cm³/mol. The second kappa shape index (κ2) is 4.28. The zero-order chi connectivity index (χ0) is 9.84. The van der Waals surface area contributed by atoms with Crippen molar-refractivity contribution >= 4 is 16.8 Å². The molecule has 0 radical (unpaired) electrons. The minimum absolute atomic E-state index is 0.592. The molecule has 1 rings (SSSR count). The Labute approximate surface area is 83.5 Å². The van der Waals surface area contributed by atoms with Gasteiger partial charge in [-0.1, -0.05) is 30.7 Å². The number of halogens is 1. The van der Waals surface area contributed by atoms with Crippen LogP contribution in [0, 0.1) is 6.92 Å². The van der Waals surface area contributed by atoms with Crippen LogP contribution < -0.4 is 0 Å². The van der Waals surface area contributed by atoms with E-state index in [-0.39, 0.29) is 0 Å². The molecule has 0 unspecified atom stereocenters. The fraction of sp³-hybridized carbons (Fsp3) is 0.300. The molecule has 0 amide bonds. The van der Waals surface area contributed by atoms with Gasteiger partial charge in [0.15, 0.2) is 0 Å². The Morgan fingerprint density at radius 3 is 2.92 bits per heavy atom. The third-order valence-corrected chi connectivity index (χ3v) is 2.08. The lowest BCUT2D eigenvalue weighted by Gasteiger charge is -2.02. The summed E-state index contributed by atoms with van der Waals surface area (Å²) in [6.07, 6.45) is 4.46. The Kier molecular flexibility index (Phi) is 3.32. The van der Waals surface area contributed by atoms with Crippen LogP contribution in [0.4, 0.5) is 0 Å². The highest BCUT2D eigenvalue weighted by Gasteiger charge is 2.00. The summed E-state index contributed by atoms with van der Waals surface area (Å²) in [4.78, 5) is 0. The molecule has 0 spiro atoms. The smallest absolute Gasteiger partial charge is 0.131 e. The molecular formula is C10H13ClN2. The third kappa shape index (κ3) is 2.46. The van der Waals surface area contributed by atoms with Crippen molar-refractivity contribution in [3.05, 3.63) is 36.2 Å². The Morgan fingerprint density at radius 2 is 2.46 bits per heavy atom. The van der Waals surface area contributed by atoms with Gasteiger partial charge in [-0.3, -0.25) is 0 Å². The van der Waals surface area contributed by atoms with Gasteiger partial charge >= 0.3 is 0 Å². The van der Waals surface area contributed by atoms with Gasteiger partial charge in [-0.15, -0.1) is 0 Å². The van der Waals surface area contributed by atoms with Crippen LogP contribution in [-0.2, 0) is 0 Å². The van der Waals surface area contributed by atoms with Gasteiger partial charge in [0, 0.05) is 11.9 Å². The molecule has 0 saturated carbocycles. The monoisotopic (exact) mass is 196 g/mol. The normalized spacial score (nSPS) is 11.8. The number of allylic oxidation sites excluding steroid dienone is 2. The van der Waals surface area contributed by atoms with Crippen LogP contribution in [0.25, 0.3) is 5.16 Å². The molecule has 1 aromatic rings. The van der Waals surface area contributed by atoms with Crippen molar-refractivity contribution in [1.82, 2.24) is 9.78 Å². The topological polar surface area (TPSA) is 17.8 Å². The first kappa shape index (κ1) is 10.1. The first-order chi connectivity index (χ1) is 6.15. The number of hydrogen-bond donors (Lipinski definition) is 0. The molecule has 0 aromatic carbocycles. The summed E-state index contributed by atoms with van der Waals surface area (Å²) < 4.78 is 1.68. The molecule has 0 aliphatic carbocycles. The Balaban J connectivity index is 2.91. The lowest BCUT2D eigenvalue weighted by atomic mass is 10.2. The Bertz CT molecular complexity index is 336. The zero-order valence-corrected chi connectivity index (χ0v) is 8.67. The lowest BCUT2D eigenvalue weighted by molar-refractivity contribution is 0.885. The third-order valence-electron chi connectivity index (χ3n) is 1.81. The maximum absolute atomic E-state index is 6.03. The SMILES string of the molecule is C=C(/C=C(/Cl)n1nccc1C)CC. The zero-order valence-electron chi connectivity index (χ0n) is 7.92. The van der Waals surface area contributed by atoms with Gasteiger partial charge in [-0.05, 0) is 25.5 Å². The van der Waals surface area contributed by atoms with Crippen LogP contribution >= 0.6 is 11.6 Å². The molecule has 0 aliphatic rings. The summed E-state index contributed by atoms with van der Waals surface area (Å²) >= 11 is 6.03. The average molecular weight is 197 g/mol. The summed E-state index contributed by atoms with van der Waals surface area (Å²) in [7, 11) is 0. The summed E-state index contributed by atoms with van der Waals surface area (Å²) in [6, 6.07) is 1.91. The standard InChI is InChI=1S/C10H13ClN2/c1-4-8(2)7-10(11)13-9(3)5-6-12-13/h5-7H,2,4H2,1,3H3/b10-7-. The maximum Gasteiger partial charge on any atom is 0.131 e. The van der Waals surface area contributed by atoms with Crippen molar-refractivity contribution < 1.29 is 0 Å². The lowest BCUT2D eigenvalue weighted by Crippen LogP contribution is -1.96. The minimum atomic E-state index is 0.592. The maximum atomic E-state index is 6.03. The number of nitrogens with zero attached hydrogens (tertiary/aromatic N) is 2. The summed E-state index contributed by atoms with van der Waals surface area (Å²) in [6.45, 7) is 7.85. The molecule has 3 heteroatoms. The summed E-state index contributed by atoms with van der Waals surface area (Å²) in [5.74, 6) is 0. The van der Waals surface area contributed by atoms with Crippen molar-refractivity contribution in [2.24, 2.45) is 0 Å². The molecule has 0 bridgehead atoms. The Hall–Kier alpha value is -1.02. The van der Waals surface area contributed by atoms with Gasteiger partial charge < -0.3 is 0 Å². The van der Waals surface area contributed by atoms with Crippen LogP contribution in [0.1, 0.15) is 19.0 Å². The van der Waals surface area contributed by atoms with Crippen LogP contribution in [0.2, 0.25) is 0 Å².